The molecule has 0 unspecified atom stereocenters. The quantitative estimate of drug-likeness (QED) is 0.727. The average Bonchev–Trinajstić information content (AvgIpc) is 2.26. The Morgan fingerprint density at radius 2 is 2.36 bits per heavy atom. The molecule has 0 fully saturated rings. The fourth-order valence-corrected chi connectivity index (χ4v) is 1.62. The van der Waals surface area contributed by atoms with E-state index in [1.165, 1.54) is 0 Å². The first kappa shape index (κ1) is 8.33. The van der Waals surface area contributed by atoms with Gasteiger partial charge in [-0.05, 0) is 12.8 Å². The molecule has 2 N–H and O–H groups in total. The van der Waals surface area contributed by atoms with E-state index in [0.29, 0.717) is 0 Å². The highest BCUT2D eigenvalue weighted by Gasteiger charge is 2.04. The zero-order chi connectivity index (χ0) is 8.27. The van der Waals surface area contributed by atoms with Crippen molar-refractivity contribution in [3.05, 3.63) is 14.5 Å². The number of H-pyrrole nitrogens is 1. The minimum Gasteiger partial charge on any atom is -0.494 e. The summed E-state index contributed by atoms with van der Waals surface area (Å²) >= 11 is 1.09. The molecule has 0 spiro atoms. The Morgan fingerprint density at radius 1 is 1.64 bits per heavy atom. The summed E-state index contributed by atoms with van der Waals surface area (Å²) in [5.41, 5.74) is 0. The molecule has 62 valence electrons. The Labute approximate surface area is 68.7 Å². The SMILES string of the molecule is CCCCc1sc(=O)[nH]c1O. The molecule has 4 heteroatoms. The first-order chi connectivity index (χ1) is 5.24. The van der Waals surface area contributed by atoms with Gasteiger partial charge in [-0.3, -0.25) is 9.78 Å². The van der Waals surface area contributed by atoms with Gasteiger partial charge in [0.05, 0.1) is 4.88 Å². The molecule has 1 aromatic rings. The first-order valence-corrected chi connectivity index (χ1v) is 4.46. The number of rotatable bonds is 3. The van der Waals surface area contributed by atoms with Gasteiger partial charge in [0, 0.05) is 0 Å². The van der Waals surface area contributed by atoms with Gasteiger partial charge < -0.3 is 5.11 Å². The van der Waals surface area contributed by atoms with Crippen LogP contribution in [0.4, 0.5) is 0 Å². The van der Waals surface area contributed by atoms with Gasteiger partial charge in [-0.2, -0.15) is 0 Å². The van der Waals surface area contributed by atoms with Crippen molar-refractivity contribution in [2.24, 2.45) is 0 Å². The van der Waals surface area contributed by atoms with Crippen molar-refractivity contribution in [2.75, 3.05) is 0 Å². The van der Waals surface area contributed by atoms with E-state index < -0.39 is 0 Å². The smallest absolute Gasteiger partial charge is 0.307 e. The molecule has 0 amide bonds. The average molecular weight is 173 g/mol. The number of thiazole rings is 1. The van der Waals surface area contributed by atoms with Gasteiger partial charge in [0.25, 0.3) is 0 Å². The van der Waals surface area contributed by atoms with Crippen molar-refractivity contribution in [2.45, 2.75) is 26.2 Å². The number of hydrogen-bond donors (Lipinski definition) is 2. The summed E-state index contributed by atoms with van der Waals surface area (Å²) in [5, 5.41) is 9.11. The summed E-state index contributed by atoms with van der Waals surface area (Å²) in [6, 6.07) is 0. The van der Waals surface area contributed by atoms with E-state index in [-0.39, 0.29) is 10.8 Å². The normalized spacial score (nSPS) is 10.3. The zero-order valence-electron chi connectivity index (χ0n) is 6.39. The van der Waals surface area contributed by atoms with Crippen molar-refractivity contribution in [3.8, 4) is 5.88 Å². The van der Waals surface area contributed by atoms with Gasteiger partial charge >= 0.3 is 4.87 Å². The second-order valence-electron chi connectivity index (χ2n) is 2.39. The lowest BCUT2D eigenvalue weighted by molar-refractivity contribution is 0.449. The topological polar surface area (TPSA) is 53.1 Å². The van der Waals surface area contributed by atoms with Crippen molar-refractivity contribution in [1.82, 2.24) is 4.98 Å². The lowest BCUT2D eigenvalue weighted by Gasteiger charge is -1.92. The van der Waals surface area contributed by atoms with Gasteiger partial charge in [-0.1, -0.05) is 24.7 Å². The number of aromatic nitrogens is 1. The van der Waals surface area contributed by atoms with Gasteiger partial charge in [-0.15, -0.1) is 0 Å². The van der Waals surface area contributed by atoms with Gasteiger partial charge in [0.2, 0.25) is 5.88 Å². The number of aryl methyl sites for hydroxylation is 1. The van der Waals surface area contributed by atoms with Crippen molar-refractivity contribution in [3.63, 3.8) is 0 Å². The fourth-order valence-electron chi connectivity index (χ4n) is 0.859. The molecule has 0 aliphatic heterocycles. The molecule has 0 atom stereocenters. The van der Waals surface area contributed by atoms with Crippen LogP contribution in [0.3, 0.4) is 0 Å². The summed E-state index contributed by atoms with van der Waals surface area (Å²) in [6.07, 6.45) is 2.89. The van der Waals surface area contributed by atoms with E-state index in [1.54, 1.807) is 0 Å². The van der Waals surface area contributed by atoms with Crippen LogP contribution in [0.1, 0.15) is 24.6 Å². The minimum atomic E-state index is -0.173. The van der Waals surface area contributed by atoms with Crippen LogP contribution in [-0.2, 0) is 6.42 Å². The Morgan fingerprint density at radius 3 is 2.82 bits per heavy atom. The first-order valence-electron chi connectivity index (χ1n) is 3.65. The second kappa shape index (κ2) is 3.57. The van der Waals surface area contributed by atoms with Gasteiger partial charge in [0.15, 0.2) is 0 Å². The molecule has 1 heterocycles. The lowest BCUT2D eigenvalue weighted by atomic mass is 10.2. The molecule has 0 saturated heterocycles. The van der Waals surface area contributed by atoms with Crippen LogP contribution in [-0.4, -0.2) is 10.1 Å². The molecular formula is C7H11NO2S. The monoisotopic (exact) mass is 173 g/mol. The molecule has 0 bridgehead atoms. The standard InChI is InChI=1S/C7H11NO2S/c1-2-3-4-5-6(9)8-7(10)11-5/h9H,2-4H2,1H3,(H,8,10). The van der Waals surface area contributed by atoms with Crippen LogP contribution in [0, 0.1) is 0 Å². The summed E-state index contributed by atoms with van der Waals surface area (Å²) in [7, 11) is 0. The van der Waals surface area contributed by atoms with Crippen molar-refractivity contribution < 1.29 is 5.11 Å². The van der Waals surface area contributed by atoms with E-state index in [1.807, 2.05) is 0 Å². The summed E-state index contributed by atoms with van der Waals surface area (Å²) in [4.78, 5) is 13.6. The third-order valence-corrected chi connectivity index (χ3v) is 2.39. The molecule has 0 aliphatic carbocycles. The van der Waals surface area contributed by atoms with Gasteiger partial charge in [-0.25, -0.2) is 0 Å². The van der Waals surface area contributed by atoms with Crippen LogP contribution < -0.4 is 4.87 Å². The number of aromatic hydroxyl groups is 1. The van der Waals surface area contributed by atoms with E-state index in [0.717, 1.165) is 35.5 Å². The summed E-state index contributed by atoms with van der Waals surface area (Å²) < 4.78 is 0. The third kappa shape index (κ3) is 2.08. The number of unbranched alkanes of at least 4 members (excludes halogenated alkanes) is 1. The number of hydrogen-bond acceptors (Lipinski definition) is 3. The van der Waals surface area contributed by atoms with Crippen molar-refractivity contribution in [1.29, 1.82) is 0 Å². The third-order valence-electron chi connectivity index (χ3n) is 1.46. The summed E-state index contributed by atoms with van der Waals surface area (Å²) in [5.74, 6) is 0.0495. The number of aromatic amines is 1. The summed E-state index contributed by atoms with van der Waals surface area (Å²) in [6.45, 7) is 2.08. The maximum Gasteiger partial charge on any atom is 0.307 e. The molecule has 3 nitrogen and oxygen atoms in total. The molecule has 0 radical (unpaired) electrons. The lowest BCUT2D eigenvalue weighted by Crippen LogP contribution is -1.89. The Bertz CT molecular complexity index is 276. The predicted molar refractivity (Wildman–Crippen MR) is 45.2 cm³/mol. The van der Waals surface area contributed by atoms with Gasteiger partial charge in [0.1, 0.15) is 0 Å². The van der Waals surface area contributed by atoms with E-state index >= 15 is 0 Å². The number of nitrogens with one attached hydrogen (secondary N) is 1. The van der Waals surface area contributed by atoms with Crippen LogP contribution in [0.25, 0.3) is 0 Å². The predicted octanol–water partition coefficient (Wildman–Crippen LogP) is 1.48. The largest absolute Gasteiger partial charge is 0.494 e. The molecule has 0 aliphatic rings. The highest BCUT2D eigenvalue weighted by molar-refractivity contribution is 7.09. The van der Waals surface area contributed by atoms with E-state index in [2.05, 4.69) is 11.9 Å². The molecule has 11 heavy (non-hydrogen) atoms. The molecule has 0 saturated carbocycles. The van der Waals surface area contributed by atoms with Crippen LogP contribution in [0.2, 0.25) is 0 Å². The Kier molecular flexibility index (Phi) is 2.70. The minimum absolute atomic E-state index is 0.0495. The van der Waals surface area contributed by atoms with E-state index in [4.69, 9.17) is 5.11 Å². The van der Waals surface area contributed by atoms with Crippen molar-refractivity contribution >= 4 is 11.3 Å². The van der Waals surface area contributed by atoms with Crippen LogP contribution >= 0.6 is 11.3 Å². The molecule has 1 aromatic heterocycles. The van der Waals surface area contributed by atoms with Crippen LogP contribution in [0.15, 0.2) is 4.79 Å². The fraction of sp³-hybridized carbons (Fsp3) is 0.571. The maximum absolute atomic E-state index is 10.7. The molecule has 1 rings (SSSR count). The van der Waals surface area contributed by atoms with Crippen LogP contribution in [0.5, 0.6) is 5.88 Å². The maximum atomic E-state index is 10.7. The molecular weight excluding hydrogens is 162 g/mol. The molecule has 0 aromatic carbocycles. The Balaban J connectivity index is 2.69. The zero-order valence-corrected chi connectivity index (χ0v) is 7.20. The second-order valence-corrected chi connectivity index (χ2v) is 3.46. The van der Waals surface area contributed by atoms with E-state index in [9.17, 15) is 4.79 Å². The highest BCUT2D eigenvalue weighted by atomic mass is 32.1. The highest BCUT2D eigenvalue weighted by Crippen LogP contribution is 2.17. The Hall–Kier alpha value is -0.770.